The minimum Gasteiger partial charge on any atom is -0.389 e. The molecule has 1 amide bonds. The number of hydrogen-bond acceptors (Lipinski definition) is 4. The van der Waals surface area contributed by atoms with Crippen LogP contribution in [0.15, 0.2) is 12.4 Å². The van der Waals surface area contributed by atoms with Crippen molar-refractivity contribution in [2.45, 2.75) is 44.2 Å². The fourth-order valence-corrected chi connectivity index (χ4v) is 2.62. The van der Waals surface area contributed by atoms with Crippen LogP contribution >= 0.6 is 0 Å². The van der Waals surface area contributed by atoms with E-state index in [-0.39, 0.29) is 5.82 Å². The molecule has 2 rings (SSSR count). The topological polar surface area (TPSA) is 93.2 Å². The summed E-state index contributed by atoms with van der Waals surface area (Å²) in [5.41, 5.74) is 4.66. The first-order chi connectivity index (χ1) is 9.11. The van der Waals surface area contributed by atoms with E-state index in [2.05, 4.69) is 10.3 Å². The van der Waals surface area contributed by atoms with E-state index in [1.54, 1.807) is 17.0 Å². The summed E-state index contributed by atoms with van der Waals surface area (Å²) in [6.45, 7) is 1.90. The van der Waals surface area contributed by atoms with Crippen LogP contribution in [0, 0.1) is 0 Å². The fourth-order valence-electron chi connectivity index (χ4n) is 2.62. The number of rotatable bonds is 6. The molecule has 0 spiro atoms. The highest BCUT2D eigenvalue weighted by Gasteiger charge is 2.28. The zero-order chi connectivity index (χ0) is 13.7. The lowest BCUT2D eigenvalue weighted by atomic mass is 9.85. The van der Waals surface area contributed by atoms with Crippen molar-refractivity contribution in [1.29, 1.82) is 0 Å². The lowest BCUT2D eigenvalue weighted by Gasteiger charge is -2.32. The van der Waals surface area contributed by atoms with Crippen LogP contribution in [0.25, 0.3) is 0 Å². The Morgan fingerprint density at radius 3 is 2.89 bits per heavy atom. The molecule has 0 bridgehead atoms. The van der Waals surface area contributed by atoms with Gasteiger partial charge in [-0.15, -0.1) is 0 Å². The number of hydrogen-bond donors (Lipinski definition) is 3. The van der Waals surface area contributed by atoms with Gasteiger partial charge in [-0.25, -0.2) is 4.98 Å². The maximum Gasteiger partial charge on any atom is 0.284 e. The number of nitrogens with two attached hydrogens (primary N) is 1. The number of carbonyl (C=O) groups is 1. The third kappa shape index (κ3) is 3.78. The number of aliphatic hydroxyl groups is 1. The second kappa shape index (κ2) is 6.16. The summed E-state index contributed by atoms with van der Waals surface area (Å²) in [7, 11) is 0. The molecule has 0 atom stereocenters. The van der Waals surface area contributed by atoms with Crippen molar-refractivity contribution in [3.05, 3.63) is 18.2 Å². The molecule has 1 aromatic heterocycles. The van der Waals surface area contributed by atoms with Crippen molar-refractivity contribution in [3.63, 3.8) is 0 Å². The molecule has 1 saturated carbocycles. The molecule has 0 aromatic carbocycles. The number of primary amides is 1. The Labute approximate surface area is 113 Å². The lowest BCUT2D eigenvalue weighted by molar-refractivity contribution is 0.00493. The van der Waals surface area contributed by atoms with Crippen LogP contribution in [0.5, 0.6) is 0 Å². The number of nitrogens with one attached hydrogen (secondary N) is 1. The number of nitrogens with zero attached hydrogens (tertiary/aromatic N) is 2. The van der Waals surface area contributed by atoms with E-state index >= 15 is 0 Å². The molecule has 1 fully saturated rings. The van der Waals surface area contributed by atoms with Crippen LogP contribution in [-0.4, -0.2) is 39.3 Å². The van der Waals surface area contributed by atoms with Gasteiger partial charge in [0.2, 0.25) is 0 Å². The average molecular weight is 266 g/mol. The molecule has 0 aliphatic heterocycles. The van der Waals surface area contributed by atoms with E-state index in [1.165, 1.54) is 6.42 Å². The summed E-state index contributed by atoms with van der Waals surface area (Å²) >= 11 is 0. The first-order valence-electron chi connectivity index (χ1n) is 6.85. The number of imidazole rings is 1. The predicted molar refractivity (Wildman–Crippen MR) is 71.6 cm³/mol. The Morgan fingerprint density at radius 2 is 2.21 bits per heavy atom. The maximum atomic E-state index is 11.1. The zero-order valence-electron chi connectivity index (χ0n) is 11.1. The van der Waals surface area contributed by atoms with E-state index in [4.69, 9.17) is 5.73 Å². The molecule has 1 aliphatic carbocycles. The van der Waals surface area contributed by atoms with Crippen molar-refractivity contribution >= 4 is 5.91 Å². The number of carbonyl (C=O) groups excluding carboxylic acids is 1. The molecule has 0 radical (unpaired) electrons. The van der Waals surface area contributed by atoms with Gasteiger partial charge in [0, 0.05) is 32.0 Å². The smallest absolute Gasteiger partial charge is 0.284 e. The van der Waals surface area contributed by atoms with Gasteiger partial charge in [-0.3, -0.25) is 4.79 Å². The van der Waals surface area contributed by atoms with E-state index in [0.29, 0.717) is 19.6 Å². The number of aromatic nitrogens is 2. The molecule has 0 unspecified atom stereocenters. The summed E-state index contributed by atoms with van der Waals surface area (Å²) in [5.74, 6) is -0.242. The third-order valence-corrected chi connectivity index (χ3v) is 3.70. The Balaban J connectivity index is 1.74. The van der Waals surface area contributed by atoms with Crippen LogP contribution in [0.3, 0.4) is 0 Å². The van der Waals surface area contributed by atoms with Gasteiger partial charge in [-0.1, -0.05) is 19.3 Å². The SMILES string of the molecule is NC(=O)c1nccn1CCNCC1(O)CCCCC1. The van der Waals surface area contributed by atoms with Crippen molar-refractivity contribution < 1.29 is 9.90 Å². The van der Waals surface area contributed by atoms with E-state index in [1.807, 2.05) is 0 Å². The quantitative estimate of drug-likeness (QED) is 0.644. The van der Waals surface area contributed by atoms with Crippen molar-refractivity contribution in [3.8, 4) is 0 Å². The molecule has 1 aromatic rings. The standard InChI is InChI=1S/C13H22N4O2/c14-11(18)12-16-7-9-17(12)8-6-15-10-13(19)4-2-1-3-5-13/h7,9,15,19H,1-6,8,10H2,(H2,14,18). The first-order valence-corrected chi connectivity index (χ1v) is 6.85. The maximum absolute atomic E-state index is 11.1. The van der Waals surface area contributed by atoms with Gasteiger partial charge in [0.05, 0.1) is 5.60 Å². The highest BCUT2D eigenvalue weighted by Crippen LogP contribution is 2.27. The molecule has 0 saturated heterocycles. The van der Waals surface area contributed by atoms with Crippen LogP contribution < -0.4 is 11.1 Å². The Kier molecular flexibility index (Phi) is 4.55. The van der Waals surface area contributed by atoms with Crippen LogP contribution in [-0.2, 0) is 6.54 Å². The van der Waals surface area contributed by atoms with Crippen LogP contribution in [0.1, 0.15) is 42.7 Å². The van der Waals surface area contributed by atoms with Crippen molar-refractivity contribution in [2.75, 3.05) is 13.1 Å². The lowest BCUT2D eigenvalue weighted by Crippen LogP contribution is -2.43. The molecule has 19 heavy (non-hydrogen) atoms. The van der Waals surface area contributed by atoms with Gasteiger partial charge in [-0.05, 0) is 12.8 Å². The van der Waals surface area contributed by atoms with E-state index in [0.717, 1.165) is 25.7 Å². The Morgan fingerprint density at radius 1 is 1.47 bits per heavy atom. The molecular weight excluding hydrogens is 244 g/mol. The highest BCUT2D eigenvalue weighted by molar-refractivity contribution is 5.89. The molecule has 6 heteroatoms. The molecule has 4 N–H and O–H groups in total. The second-order valence-corrected chi connectivity index (χ2v) is 5.27. The Hall–Kier alpha value is -1.40. The van der Waals surface area contributed by atoms with Crippen LogP contribution in [0.2, 0.25) is 0 Å². The fraction of sp³-hybridized carbons (Fsp3) is 0.692. The van der Waals surface area contributed by atoms with E-state index < -0.39 is 11.5 Å². The van der Waals surface area contributed by atoms with Gasteiger partial charge in [0.15, 0.2) is 5.82 Å². The normalized spacial score (nSPS) is 18.4. The molecule has 106 valence electrons. The van der Waals surface area contributed by atoms with Gasteiger partial charge in [0.25, 0.3) is 5.91 Å². The van der Waals surface area contributed by atoms with Gasteiger partial charge in [-0.2, -0.15) is 0 Å². The monoisotopic (exact) mass is 266 g/mol. The molecular formula is C13H22N4O2. The minimum atomic E-state index is -0.556. The third-order valence-electron chi connectivity index (χ3n) is 3.70. The summed E-state index contributed by atoms with van der Waals surface area (Å²) in [4.78, 5) is 15.0. The number of amides is 1. The highest BCUT2D eigenvalue weighted by atomic mass is 16.3. The largest absolute Gasteiger partial charge is 0.389 e. The van der Waals surface area contributed by atoms with Gasteiger partial charge in [0.1, 0.15) is 0 Å². The second-order valence-electron chi connectivity index (χ2n) is 5.27. The zero-order valence-corrected chi connectivity index (χ0v) is 11.1. The first kappa shape index (κ1) is 14.0. The summed E-state index contributed by atoms with van der Waals surface area (Å²) < 4.78 is 1.72. The molecule has 6 nitrogen and oxygen atoms in total. The van der Waals surface area contributed by atoms with Crippen molar-refractivity contribution in [1.82, 2.24) is 14.9 Å². The average Bonchev–Trinajstić information content (AvgIpc) is 2.84. The summed E-state index contributed by atoms with van der Waals surface area (Å²) in [5, 5.41) is 13.6. The van der Waals surface area contributed by atoms with Crippen molar-refractivity contribution in [2.24, 2.45) is 5.73 Å². The van der Waals surface area contributed by atoms with Gasteiger partial charge < -0.3 is 20.7 Å². The van der Waals surface area contributed by atoms with Gasteiger partial charge >= 0.3 is 0 Å². The van der Waals surface area contributed by atoms with E-state index in [9.17, 15) is 9.90 Å². The summed E-state index contributed by atoms with van der Waals surface area (Å²) in [6, 6.07) is 0. The predicted octanol–water partition coefficient (Wildman–Crippen LogP) is 0.267. The van der Waals surface area contributed by atoms with Crippen LogP contribution in [0.4, 0.5) is 0 Å². The minimum absolute atomic E-state index is 0.276. The summed E-state index contributed by atoms with van der Waals surface area (Å²) in [6.07, 6.45) is 8.47. The Bertz CT molecular complexity index is 424. The molecule has 1 heterocycles. The molecule has 1 aliphatic rings.